The van der Waals surface area contributed by atoms with Crippen LogP contribution in [0.4, 0.5) is 0 Å². The molecule has 0 aliphatic heterocycles. The summed E-state index contributed by atoms with van der Waals surface area (Å²) in [6, 6.07) is 13.5. The third-order valence-corrected chi connectivity index (χ3v) is 4.20. The minimum absolute atomic E-state index is 0.723. The second-order valence-electron chi connectivity index (χ2n) is 6.01. The van der Waals surface area contributed by atoms with Gasteiger partial charge >= 0.3 is 0 Å². The van der Waals surface area contributed by atoms with Gasteiger partial charge in [0.25, 0.3) is 0 Å². The molecule has 98 valence electrons. The summed E-state index contributed by atoms with van der Waals surface area (Å²) >= 11 is 0. The van der Waals surface area contributed by atoms with E-state index in [1.54, 1.807) is 16.7 Å². The van der Waals surface area contributed by atoms with Crippen molar-refractivity contribution in [1.82, 2.24) is 0 Å². The topological polar surface area (TPSA) is 0 Å². The van der Waals surface area contributed by atoms with Gasteiger partial charge < -0.3 is 0 Å². The van der Waals surface area contributed by atoms with E-state index >= 15 is 0 Å². The molecule has 2 aromatic rings. The molecule has 0 radical (unpaired) electrons. The molecule has 0 bridgehead atoms. The zero-order valence-electron chi connectivity index (χ0n) is 12.2. The van der Waals surface area contributed by atoms with Crippen molar-refractivity contribution in [3.05, 3.63) is 58.7 Å². The molecule has 0 unspecified atom stereocenters. The number of hydrogen-bond acceptors (Lipinski definition) is 0. The summed E-state index contributed by atoms with van der Waals surface area (Å²) in [6.07, 6.45) is 3.48. The predicted molar refractivity (Wildman–Crippen MR) is 82.6 cm³/mol. The van der Waals surface area contributed by atoms with Crippen molar-refractivity contribution in [2.45, 2.75) is 40.0 Å². The summed E-state index contributed by atoms with van der Waals surface area (Å²) < 4.78 is 0. The summed E-state index contributed by atoms with van der Waals surface area (Å²) in [6.45, 7) is 6.91. The number of rotatable bonds is 3. The van der Waals surface area contributed by atoms with E-state index in [1.807, 2.05) is 0 Å². The van der Waals surface area contributed by atoms with E-state index in [2.05, 4.69) is 57.2 Å². The smallest absolute Gasteiger partial charge is 0.00106 e. The van der Waals surface area contributed by atoms with Crippen molar-refractivity contribution in [3.8, 4) is 11.1 Å². The van der Waals surface area contributed by atoms with Crippen LogP contribution in [0.15, 0.2) is 36.4 Å². The summed E-state index contributed by atoms with van der Waals surface area (Å²) in [5.41, 5.74) is 9.17. The van der Waals surface area contributed by atoms with Gasteiger partial charge in [-0.2, -0.15) is 0 Å². The molecule has 0 heteroatoms. The van der Waals surface area contributed by atoms with E-state index in [-0.39, 0.29) is 0 Å². The fourth-order valence-electron chi connectivity index (χ4n) is 3.32. The molecular weight excluding hydrogens is 228 g/mol. The predicted octanol–water partition coefficient (Wildman–Crippen LogP) is 5.02. The molecule has 0 heterocycles. The van der Waals surface area contributed by atoms with E-state index in [4.69, 9.17) is 0 Å². The average molecular weight is 250 g/mol. The van der Waals surface area contributed by atoms with Gasteiger partial charge in [0.2, 0.25) is 0 Å². The highest BCUT2D eigenvalue weighted by Gasteiger charge is 2.22. The van der Waals surface area contributed by atoms with Gasteiger partial charge in [0.15, 0.2) is 0 Å². The first kappa shape index (κ1) is 12.5. The molecule has 0 nitrogen and oxygen atoms in total. The second kappa shape index (κ2) is 4.85. The Labute approximate surface area is 116 Å². The largest absolute Gasteiger partial charge is 0.0625 e. The van der Waals surface area contributed by atoms with E-state index in [0.717, 1.165) is 18.8 Å². The van der Waals surface area contributed by atoms with Gasteiger partial charge in [0.1, 0.15) is 0 Å². The molecule has 0 amide bonds. The number of benzene rings is 2. The van der Waals surface area contributed by atoms with Crippen LogP contribution in [0.5, 0.6) is 0 Å². The van der Waals surface area contributed by atoms with Crippen LogP contribution < -0.4 is 0 Å². The van der Waals surface area contributed by atoms with E-state index in [9.17, 15) is 0 Å². The van der Waals surface area contributed by atoms with Crippen LogP contribution in [0.2, 0.25) is 0 Å². The molecular formula is C19H22. The van der Waals surface area contributed by atoms with Crippen molar-refractivity contribution in [3.63, 3.8) is 0 Å². The molecule has 1 aliphatic carbocycles. The molecule has 0 spiro atoms. The molecule has 0 saturated heterocycles. The first-order valence-electron chi connectivity index (χ1n) is 7.42. The lowest BCUT2D eigenvalue weighted by Crippen LogP contribution is -2.03. The van der Waals surface area contributed by atoms with Crippen LogP contribution in [-0.2, 0) is 19.3 Å². The van der Waals surface area contributed by atoms with Crippen LogP contribution >= 0.6 is 0 Å². The highest BCUT2D eigenvalue weighted by atomic mass is 14.3. The van der Waals surface area contributed by atoms with Gasteiger partial charge in [-0.15, -0.1) is 0 Å². The lowest BCUT2D eigenvalue weighted by molar-refractivity contribution is 0.640. The Bertz CT molecular complexity index is 605. The Kier molecular flexibility index (Phi) is 3.18. The minimum Gasteiger partial charge on any atom is -0.0625 e. The Balaban J connectivity index is 2.16. The maximum atomic E-state index is 2.35. The van der Waals surface area contributed by atoms with Gasteiger partial charge in [-0.05, 0) is 58.6 Å². The fraction of sp³-hybridized carbons (Fsp3) is 0.368. The Morgan fingerprint density at radius 2 is 1.79 bits per heavy atom. The van der Waals surface area contributed by atoms with Gasteiger partial charge in [-0.25, -0.2) is 0 Å². The molecule has 0 saturated carbocycles. The first-order valence-corrected chi connectivity index (χ1v) is 7.42. The standard InChI is InChI=1S/C19H22/c1-4-14-9-10-17-16-8-6-5-7-15(16)12-19(17)18(14)11-13(2)3/h5-10,13H,4,11-12H2,1-3H3. The van der Waals surface area contributed by atoms with Crippen LogP contribution in [0, 0.1) is 5.92 Å². The van der Waals surface area contributed by atoms with Crippen molar-refractivity contribution in [2.75, 3.05) is 0 Å². The molecule has 2 aromatic carbocycles. The SMILES string of the molecule is CCc1ccc2c(c1CC(C)C)Cc1ccccc1-2. The number of fused-ring (bicyclic) bond motifs is 3. The Morgan fingerprint density at radius 1 is 1.00 bits per heavy atom. The molecule has 19 heavy (non-hydrogen) atoms. The van der Waals surface area contributed by atoms with Crippen LogP contribution in [0.3, 0.4) is 0 Å². The molecule has 0 N–H and O–H groups in total. The Morgan fingerprint density at radius 3 is 2.53 bits per heavy atom. The fourth-order valence-corrected chi connectivity index (χ4v) is 3.32. The van der Waals surface area contributed by atoms with Crippen molar-refractivity contribution in [2.24, 2.45) is 5.92 Å². The normalized spacial score (nSPS) is 12.6. The van der Waals surface area contributed by atoms with E-state index in [0.29, 0.717) is 0 Å². The van der Waals surface area contributed by atoms with Gasteiger partial charge in [0.05, 0.1) is 0 Å². The minimum atomic E-state index is 0.723. The maximum Gasteiger partial charge on any atom is -0.00106 e. The van der Waals surface area contributed by atoms with Crippen LogP contribution in [0.25, 0.3) is 11.1 Å². The highest BCUT2D eigenvalue weighted by molar-refractivity contribution is 5.78. The lowest BCUT2D eigenvalue weighted by atomic mass is 9.89. The lowest BCUT2D eigenvalue weighted by Gasteiger charge is -2.15. The van der Waals surface area contributed by atoms with E-state index < -0.39 is 0 Å². The molecule has 0 atom stereocenters. The zero-order chi connectivity index (χ0) is 13.4. The quantitative estimate of drug-likeness (QED) is 0.612. The van der Waals surface area contributed by atoms with Gasteiger partial charge in [-0.1, -0.05) is 57.2 Å². The monoisotopic (exact) mass is 250 g/mol. The molecule has 1 aliphatic rings. The molecule has 3 rings (SSSR count). The third kappa shape index (κ3) is 2.10. The highest BCUT2D eigenvalue weighted by Crippen LogP contribution is 2.40. The summed E-state index contributed by atoms with van der Waals surface area (Å²) in [5.74, 6) is 0.723. The average Bonchev–Trinajstić information content (AvgIpc) is 2.78. The molecule has 0 aromatic heterocycles. The first-order chi connectivity index (χ1) is 9.20. The van der Waals surface area contributed by atoms with Crippen molar-refractivity contribution in [1.29, 1.82) is 0 Å². The van der Waals surface area contributed by atoms with E-state index in [1.165, 1.54) is 23.1 Å². The third-order valence-electron chi connectivity index (χ3n) is 4.20. The zero-order valence-corrected chi connectivity index (χ0v) is 12.2. The number of aryl methyl sites for hydroxylation is 1. The van der Waals surface area contributed by atoms with Crippen LogP contribution in [-0.4, -0.2) is 0 Å². The second-order valence-corrected chi connectivity index (χ2v) is 6.01. The summed E-state index contributed by atoms with van der Waals surface area (Å²) in [7, 11) is 0. The van der Waals surface area contributed by atoms with Gasteiger partial charge in [-0.3, -0.25) is 0 Å². The van der Waals surface area contributed by atoms with Crippen molar-refractivity contribution < 1.29 is 0 Å². The molecule has 0 fully saturated rings. The van der Waals surface area contributed by atoms with Gasteiger partial charge in [0, 0.05) is 0 Å². The summed E-state index contributed by atoms with van der Waals surface area (Å²) in [4.78, 5) is 0. The van der Waals surface area contributed by atoms with Crippen molar-refractivity contribution >= 4 is 0 Å². The van der Waals surface area contributed by atoms with Crippen LogP contribution in [0.1, 0.15) is 43.0 Å². The number of hydrogen-bond donors (Lipinski definition) is 0. The Hall–Kier alpha value is -1.56. The summed E-state index contributed by atoms with van der Waals surface area (Å²) in [5, 5.41) is 0. The maximum absolute atomic E-state index is 2.35.